The Bertz CT molecular complexity index is 5500. The first-order valence-corrected chi connectivity index (χ1v) is 33.1. The van der Waals surface area contributed by atoms with Crippen LogP contribution in [-0.4, -0.2) is 49.8 Å². The van der Waals surface area contributed by atoms with Gasteiger partial charge in [-0.3, -0.25) is 0 Å². The summed E-state index contributed by atoms with van der Waals surface area (Å²) in [6, 6.07) is 123. The second-order valence-corrected chi connectivity index (χ2v) is 23.9. The van der Waals surface area contributed by atoms with E-state index in [1.807, 2.05) is 188 Å². The maximum Gasteiger partial charge on any atom is 0.164 e. The van der Waals surface area contributed by atoms with Gasteiger partial charge in [-0.2, -0.15) is 0 Å². The molecular formula is C90H60N10. The molecular weight excluding hydrogens is 1220 g/mol. The molecule has 0 spiro atoms. The number of hydrogen-bond acceptors (Lipinski definition) is 10. The molecule has 4 heterocycles. The molecule has 0 unspecified atom stereocenters. The van der Waals surface area contributed by atoms with Crippen molar-refractivity contribution in [3.8, 4) is 158 Å². The fourth-order valence-electron chi connectivity index (χ4n) is 12.2. The summed E-state index contributed by atoms with van der Waals surface area (Å²) in [5, 5.41) is 2.34. The minimum atomic E-state index is 0.628. The Labute approximate surface area is 579 Å². The van der Waals surface area contributed by atoms with Crippen molar-refractivity contribution in [2.24, 2.45) is 0 Å². The van der Waals surface area contributed by atoms with E-state index in [1.54, 1.807) is 0 Å². The average molecular weight is 1280 g/mol. The zero-order valence-corrected chi connectivity index (χ0v) is 54.1. The van der Waals surface area contributed by atoms with Gasteiger partial charge >= 0.3 is 0 Å². The molecule has 0 aliphatic heterocycles. The Balaban J connectivity index is 0.000000156. The SMILES string of the molecule is c1ccc(-c2cc(-c3cccc(-c4ccc(-c5nc(-c6ccccc6)nc(-c6ccccc6)n5)cc4)c3)nc(-c3ccccc3)n2)cc1.c1ccc(-c2nc(-c3cccc(-c4ccc(-c5nc(-c6ccccc6)nc(-c6ccccc6)n5)cc4)c3)cc(-c3cccc4ccccc34)n2)cc1. The second-order valence-electron chi connectivity index (χ2n) is 23.9. The van der Waals surface area contributed by atoms with E-state index in [1.165, 1.54) is 5.39 Å². The minimum absolute atomic E-state index is 0.628. The van der Waals surface area contributed by atoms with Crippen LogP contribution in [0.5, 0.6) is 0 Å². The van der Waals surface area contributed by atoms with Crippen molar-refractivity contribution in [1.29, 1.82) is 0 Å². The van der Waals surface area contributed by atoms with Gasteiger partial charge in [0, 0.05) is 66.8 Å². The van der Waals surface area contributed by atoms with Crippen molar-refractivity contribution in [3.05, 3.63) is 364 Å². The predicted octanol–water partition coefficient (Wildman–Crippen LogP) is 21.8. The molecule has 0 fully saturated rings. The van der Waals surface area contributed by atoms with Crippen LogP contribution in [0.25, 0.3) is 169 Å². The fourth-order valence-corrected chi connectivity index (χ4v) is 12.2. The molecule has 0 aliphatic carbocycles. The zero-order valence-electron chi connectivity index (χ0n) is 54.1. The highest BCUT2D eigenvalue weighted by molar-refractivity contribution is 5.96. The van der Waals surface area contributed by atoms with Crippen molar-refractivity contribution in [1.82, 2.24) is 49.8 Å². The number of aromatic nitrogens is 10. The van der Waals surface area contributed by atoms with Crippen LogP contribution >= 0.6 is 0 Å². The van der Waals surface area contributed by atoms with E-state index in [0.29, 0.717) is 46.6 Å². The lowest BCUT2D eigenvalue weighted by molar-refractivity contribution is 1.07. The van der Waals surface area contributed by atoms with E-state index in [4.69, 9.17) is 49.8 Å². The lowest BCUT2D eigenvalue weighted by Gasteiger charge is -2.12. The van der Waals surface area contributed by atoms with E-state index in [2.05, 4.69) is 176 Å². The van der Waals surface area contributed by atoms with Gasteiger partial charge in [-0.25, -0.2) is 49.8 Å². The summed E-state index contributed by atoms with van der Waals surface area (Å²) in [5.41, 5.74) is 19.6. The lowest BCUT2D eigenvalue weighted by atomic mass is 9.98. The summed E-state index contributed by atoms with van der Waals surface area (Å²) >= 11 is 0. The summed E-state index contributed by atoms with van der Waals surface area (Å²) in [7, 11) is 0. The van der Waals surface area contributed by atoms with Crippen LogP contribution in [0.4, 0.5) is 0 Å². The van der Waals surface area contributed by atoms with E-state index >= 15 is 0 Å². The fraction of sp³-hybridized carbons (Fsp3) is 0. The highest BCUT2D eigenvalue weighted by Gasteiger charge is 2.18. The molecule has 17 aromatic rings. The number of nitrogens with zero attached hydrogens (tertiary/aromatic N) is 10. The van der Waals surface area contributed by atoms with Gasteiger partial charge in [-0.15, -0.1) is 0 Å². The van der Waals surface area contributed by atoms with Gasteiger partial charge in [-0.05, 0) is 57.3 Å². The van der Waals surface area contributed by atoms with Crippen LogP contribution in [0.1, 0.15) is 0 Å². The van der Waals surface area contributed by atoms with Crippen molar-refractivity contribution in [2.75, 3.05) is 0 Å². The smallest absolute Gasteiger partial charge is 0.164 e. The molecule has 4 aromatic heterocycles. The number of hydrogen-bond donors (Lipinski definition) is 0. The monoisotopic (exact) mass is 1280 g/mol. The highest BCUT2D eigenvalue weighted by atomic mass is 15.0. The average Bonchev–Trinajstić information content (AvgIpc) is 0.794. The molecule has 0 atom stereocenters. The zero-order chi connectivity index (χ0) is 66.8. The molecule has 0 saturated heterocycles. The number of fused-ring (bicyclic) bond motifs is 1. The molecule has 0 N–H and O–H groups in total. The topological polar surface area (TPSA) is 129 Å². The summed E-state index contributed by atoms with van der Waals surface area (Å²) in [4.78, 5) is 49.4. The van der Waals surface area contributed by atoms with E-state index < -0.39 is 0 Å². The third-order valence-corrected chi connectivity index (χ3v) is 17.3. The molecule has 0 radical (unpaired) electrons. The summed E-state index contributed by atoms with van der Waals surface area (Å²) in [6.45, 7) is 0. The van der Waals surface area contributed by atoms with Crippen molar-refractivity contribution < 1.29 is 0 Å². The maximum atomic E-state index is 5.10. The third-order valence-electron chi connectivity index (χ3n) is 17.3. The van der Waals surface area contributed by atoms with E-state index in [-0.39, 0.29) is 0 Å². The Morgan fingerprint density at radius 1 is 0.130 bits per heavy atom. The second kappa shape index (κ2) is 28.3. The predicted molar refractivity (Wildman–Crippen MR) is 404 cm³/mol. The molecule has 13 aromatic carbocycles. The maximum absolute atomic E-state index is 5.10. The normalized spacial score (nSPS) is 11.0. The van der Waals surface area contributed by atoms with Crippen LogP contribution < -0.4 is 0 Å². The van der Waals surface area contributed by atoms with E-state index in [0.717, 1.165) is 117 Å². The lowest BCUT2D eigenvalue weighted by Crippen LogP contribution is -2.00. The van der Waals surface area contributed by atoms with Crippen LogP contribution in [0.15, 0.2) is 364 Å². The van der Waals surface area contributed by atoms with Gasteiger partial charge in [0.15, 0.2) is 46.6 Å². The molecule has 0 saturated carbocycles. The third kappa shape index (κ3) is 13.6. The van der Waals surface area contributed by atoms with Gasteiger partial charge in [0.2, 0.25) is 0 Å². The first kappa shape index (κ1) is 61.2. The summed E-state index contributed by atoms with van der Waals surface area (Å²) in [5.74, 6) is 5.22. The molecule has 17 rings (SSSR count). The molecule has 0 aliphatic rings. The molecule has 0 amide bonds. The van der Waals surface area contributed by atoms with Crippen LogP contribution in [0.2, 0.25) is 0 Å². The Morgan fingerprint density at radius 3 is 0.720 bits per heavy atom. The highest BCUT2D eigenvalue weighted by Crippen LogP contribution is 2.37. The number of benzene rings is 13. The molecule has 10 nitrogen and oxygen atoms in total. The molecule has 10 heteroatoms. The summed E-state index contributed by atoms with van der Waals surface area (Å²) in [6.07, 6.45) is 0. The largest absolute Gasteiger partial charge is 0.228 e. The molecule has 470 valence electrons. The van der Waals surface area contributed by atoms with Gasteiger partial charge in [0.25, 0.3) is 0 Å². The van der Waals surface area contributed by atoms with Crippen molar-refractivity contribution in [3.63, 3.8) is 0 Å². The minimum Gasteiger partial charge on any atom is -0.228 e. The Morgan fingerprint density at radius 2 is 0.360 bits per heavy atom. The van der Waals surface area contributed by atoms with E-state index in [9.17, 15) is 0 Å². The molecule has 0 bridgehead atoms. The standard InChI is InChI=1S/C47H31N5.C43H29N5/c1-4-15-34(16-5-1)44-48-42(31-43(49-44)41-25-13-21-33-14-10-11-24-40(33)41)39-23-12-22-38(30-39)32-26-28-37(29-27-32)47-51-45(35-17-6-2-7-18-35)50-46(52-47)36-19-8-3-9-20-36;1-5-14-31(15-6-1)38-29-39(45-40(44-38)32-16-7-2-8-17-32)37-23-13-22-36(28-37)30-24-26-35(27-25-30)43-47-41(33-18-9-3-10-19-33)46-42(48-43)34-20-11-4-12-21-34/h1-31H;1-29H. The first-order valence-electron chi connectivity index (χ1n) is 33.1. The van der Waals surface area contributed by atoms with Gasteiger partial charge in [0.1, 0.15) is 0 Å². The van der Waals surface area contributed by atoms with Crippen molar-refractivity contribution >= 4 is 10.8 Å². The van der Waals surface area contributed by atoms with Crippen molar-refractivity contribution in [2.45, 2.75) is 0 Å². The van der Waals surface area contributed by atoms with Crippen LogP contribution in [0.3, 0.4) is 0 Å². The van der Waals surface area contributed by atoms with Crippen LogP contribution in [-0.2, 0) is 0 Å². The quantitative estimate of drug-likeness (QED) is 0.104. The van der Waals surface area contributed by atoms with Gasteiger partial charge < -0.3 is 0 Å². The Hall–Kier alpha value is -13.7. The first-order chi connectivity index (χ1) is 49.5. The number of rotatable bonds is 14. The van der Waals surface area contributed by atoms with Gasteiger partial charge in [-0.1, -0.05) is 340 Å². The van der Waals surface area contributed by atoms with Gasteiger partial charge in [0.05, 0.1) is 22.8 Å². The molecule has 100 heavy (non-hydrogen) atoms. The van der Waals surface area contributed by atoms with Crippen LogP contribution in [0, 0.1) is 0 Å². The summed E-state index contributed by atoms with van der Waals surface area (Å²) < 4.78 is 0. The Kier molecular flexibility index (Phi) is 17.3.